The predicted molar refractivity (Wildman–Crippen MR) is 98.8 cm³/mol. The maximum atomic E-state index is 13.9. The SMILES string of the molecule is COC(=O)[C@H](CC1CCCCC1)N1CC(Oc2c(F)cccc2Cl)=CC1=O. The highest BCUT2D eigenvalue weighted by atomic mass is 35.5. The van der Waals surface area contributed by atoms with Gasteiger partial charge in [0.15, 0.2) is 11.6 Å². The Morgan fingerprint density at radius 1 is 1.33 bits per heavy atom. The first-order valence-corrected chi connectivity index (χ1v) is 9.58. The smallest absolute Gasteiger partial charge is 0.328 e. The van der Waals surface area contributed by atoms with Gasteiger partial charge in [-0.1, -0.05) is 49.8 Å². The molecule has 0 unspecified atom stereocenters. The fraction of sp³-hybridized carbons (Fsp3) is 0.500. The van der Waals surface area contributed by atoms with Gasteiger partial charge in [-0.15, -0.1) is 0 Å². The van der Waals surface area contributed by atoms with E-state index in [1.54, 1.807) is 0 Å². The number of para-hydroxylation sites is 1. The molecule has 0 spiro atoms. The molecule has 0 N–H and O–H groups in total. The van der Waals surface area contributed by atoms with Crippen LogP contribution in [-0.2, 0) is 14.3 Å². The first kappa shape index (κ1) is 19.7. The van der Waals surface area contributed by atoms with Crippen LogP contribution in [0.15, 0.2) is 30.0 Å². The normalized spacial score (nSPS) is 19.0. The van der Waals surface area contributed by atoms with Crippen LogP contribution in [0, 0.1) is 11.7 Å². The van der Waals surface area contributed by atoms with Crippen LogP contribution in [0.5, 0.6) is 5.75 Å². The van der Waals surface area contributed by atoms with Crippen LogP contribution in [0.1, 0.15) is 38.5 Å². The molecule has 3 rings (SSSR count). The number of methoxy groups -OCH3 is 1. The van der Waals surface area contributed by atoms with Crippen molar-refractivity contribution in [1.29, 1.82) is 0 Å². The van der Waals surface area contributed by atoms with Gasteiger partial charge in [-0.3, -0.25) is 4.79 Å². The molecule has 2 aliphatic rings. The largest absolute Gasteiger partial charge is 0.467 e. The Bertz CT molecular complexity index is 725. The third-order valence-corrected chi connectivity index (χ3v) is 5.47. The van der Waals surface area contributed by atoms with Crippen molar-refractivity contribution < 1.29 is 23.5 Å². The summed E-state index contributed by atoms with van der Waals surface area (Å²) in [6.45, 7) is 0.0793. The van der Waals surface area contributed by atoms with Crippen molar-refractivity contribution in [2.75, 3.05) is 13.7 Å². The monoisotopic (exact) mass is 395 g/mol. The number of carbonyl (C=O) groups excluding carboxylic acids is 2. The zero-order valence-electron chi connectivity index (χ0n) is 15.2. The van der Waals surface area contributed by atoms with Crippen LogP contribution < -0.4 is 4.74 Å². The van der Waals surface area contributed by atoms with E-state index in [-0.39, 0.29) is 29.0 Å². The summed E-state index contributed by atoms with van der Waals surface area (Å²) < 4.78 is 24.4. The quantitative estimate of drug-likeness (QED) is 0.680. The maximum absolute atomic E-state index is 13.9. The van der Waals surface area contributed by atoms with E-state index >= 15 is 0 Å². The van der Waals surface area contributed by atoms with Crippen molar-refractivity contribution in [2.24, 2.45) is 5.92 Å². The first-order chi connectivity index (χ1) is 13.0. The summed E-state index contributed by atoms with van der Waals surface area (Å²) in [5.74, 6) is -0.870. The Morgan fingerprint density at radius 2 is 2.07 bits per heavy atom. The Labute approximate surface area is 163 Å². The number of nitrogens with zero attached hydrogens (tertiary/aromatic N) is 1. The lowest BCUT2D eigenvalue weighted by Gasteiger charge is -2.30. The highest BCUT2D eigenvalue weighted by Crippen LogP contribution is 2.32. The Kier molecular flexibility index (Phi) is 6.37. The van der Waals surface area contributed by atoms with E-state index in [0.717, 1.165) is 25.7 Å². The minimum Gasteiger partial charge on any atom is -0.467 e. The molecule has 0 saturated heterocycles. The van der Waals surface area contributed by atoms with Crippen molar-refractivity contribution in [3.8, 4) is 5.75 Å². The van der Waals surface area contributed by atoms with Crippen LogP contribution >= 0.6 is 11.6 Å². The molecule has 1 fully saturated rings. The van der Waals surface area contributed by atoms with Crippen molar-refractivity contribution in [2.45, 2.75) is 44.6 Å². The van der Waals surface area contributed by atoms with Gasteiger partial charge in [-0.25, -0.2) is 9.18 Å². The topological polar surface area (TPSA) is 55.8 Å². The lowest BCUT2D eigenvalue weighted by molar-refractivity contribution is -0.151. The van der Waals surface area contributed by atoms with Crippen LogP contribution in [0.25, 0.3) is 0 Å². The zero-order chi connectivity index (χ0) is 19.4. The summed E-state index contributed by atoms with van der Waals surface area (Å²) in [6.07, 6.45) is 7.45. The molecule has 1 heterocycles. The predicted octanol–water partition coefficient (Wildman–Crippen LogP) is 4.10. The van der Waals surface area contributed by atoms with Crippen LogP contribution in [0.2, 0.25) is 5.02 Å². The fourth-order valence-electron chi connectivity index (χ4n) is 3.77. The molecule has 1 amide bonds. The maximum Gasteiger partial charge on any atom is 0.328 e. The molecule has 7 heteroatoms. The summed E-state index contributed by atoms with van der Waals surface area (Å²) in [6, 6.07) is 3.55. The number of amides is 1. The molecule has 1 aromatic carbocycles. The average Bonchev–Trinajstić information content (AvgIpc) is 3.03. The third kappa shape index (κ3) is 4.61. The molecule has 1 aromatic rings. The van der Waals surface area contributed by atoms with E-state index < -0.39 is 17.8 Å². The van der Waals surface area contributed by atoms with E-state index in [9.17, 15) is 14.0 Å². The summed E-state index contributed by atoms with van der Waals surface area (Å²) >= 11 is 5.98. The van der Waals surface area contributed by atoms with E-state index in [1.807, 2.05) is 0 Å². The highest BCUT2D eigenvalue weighted by molar-refractivity contribution is 6.32. The first-order valence-electron chi connectivity index (χ1n) is 9.20. The van der Waals surface area contributed by atoms with Crippen LogP contribution in [0.4, 0.5) is 4.39 Å². The Hall–Kier alpha value is -2.08. The fourth-order valence-corrected chi connectivity index (χ4v) is 3.98. The Balaban J connectivity index is 1.72. The molecule has 146 valence electrons. The van der Waals surface area contributed by atoms with E-state index in [1.165, 1.54) is 42.7 Å². The Morgan fingerprint density at radius 3 is 2.74 bits per heavy atom. The van der Waals surface area contributed by atoms with Gasteiger partial charge in [0, 0.05) is 6.08 Å². The molecule has 0 radical (unpaired) electrons. The van der Waals surface area contributed by atoms with Gasteiger partial charge in [-0.2, -0.15) is 0 Å². The summed E-state index contributed by atoms with van der Waals surface area (Å²) in [7, 11) is 1.32. The summed E-state index contributed by atoms with van der Waals surface area (Å²) in [5, 5.41) is 0.119. The van der Waals surface area contributed by atoms with Crippen molar-refractivity contribution in [3.63, 3.8) is 0 Å². The standard InChI is InChI=1S/C20H23ClFNO4/c1-26-20(25)17(10-13-6-3-2-4-7-13)23-12-14(11-18(23)24)27-19-15(21)8-5-9-16(19)22/h5,8-9,11,13,17H,2-4,6-7,10,12H2,1H3/t17-/m0/s1. The lowest BCUT2D eigenvalue weighted by Crippen LogP contribution is -2.44. The number of ether oxygens (including phenoxy) is 2. The number of rotatable bonds is 6. The van der Waals surface area contributed by atoms with Crippen LogP contribution in [0.3, 0.4) is 0 Å². The minimum atomic E-state index is -0.668. The van der Waals surface area contributed by atoms with Gasteiger partial charge in [-0.05, 0) is 24.5 Å². The second-order valence-electron chi connectivity index (χ2n) is 7.01. The molecule has 1 aliphatic carbocycles. The summed E-state index contributed by atoms with van der Waals surface area (Å²) in [4.78, 5) is 26.2. The number of carbonyl (C=O) groups is 2. The van der Waals surface area contributed by atoms with Gasteiger partial charge in [0.05, 0.1) is 18.7 Å². The molecular weight excluding hydrogens is 373 g/mol. The molecule has 1 aliphatic heterocycles. The van der Waals surface area contributed by atoms with Gasteiger partial charge in [0.25, 0.3) is 5.91 Å². The molecule has 5 nitrogen and oxygen atoms in total. The van der Waals surface area contributed by atoms with E-state index in [2.05, 4.69) is 0 Å². The van der Waals surface area contributed by atoms with Gasteiger partial charge in [0.2, 0.25) is 0 Å². The van der Waals surface area contributed by atoms with E-state index in [0.29, 0.717) is 12.3 Å². The number of benzene rings is 1. The van der Waals surface area contributed by atoms with Crippen molar-refractivity contribution >= 4 is 23.5 Å². The zero-order valence-corrected chi connectivity index (χ0v) is 16.0. The molecule has 1 saturated carbocycles. The number of hydrogen-bond donors (Lipinski definition) is 0. The van der Waals surface area contributed by atoms with Crippen LogP contribution in [-0.4, -0.2) is 36.5 Å². The highest BCUT2D eigenvalue weighted by Gasteiger charge is 2.37. The lowest BCUT2D eigenvalue weighted by atomic mass is 9.84. The number of esters is 1. The van der Waals surface area contributed by atoms with Gasteiger partial charge < -0.3 is 14.4 Å². The molecule has 27 heavy (non-hydrogen) atoms. The second kappa shape index (κ2) is 8.74. The van der Waals surface area contributed by atoms with Crippen molar-refractivity contribution in [3.05, 3.63) is 40.9 Å². The molecule has 0 aromatic heterocycles. The number of hydrogen-bond acceptors (Lipinski definition) is 4. The molecule has 0 bridgehead atoms. The second-order valence-corrected chi connectivity index (χ2v) is 7.42. The van der Waals surface area contributed by atoms with E-state index in [4.69, 9.17) is 21.1 Å². The van der Waals surface area contributed by atoms with Crippen molar-refractivity contribution in [1.82, 2.24) is 4.90 Å². The molecular formula is C20H23ClFNO4. The van der Waals surface area contributed by atoms with Gasteiger partial charge >= 0.3 is 5.97 Å². The summed E-state index contributed by atoms with van der Waals surface area (Å²) in [5.41, 5.74) is 0. The van der Waals surface area contributed by atoms with Gasteiger partial charge in [0.1, 0.15) is 11.8 Å². The minimum absolute atomic E-state index is 0.0793. The molecule has 1 atom stereocenters. The number of halogens is 2. The average molecular weight is 396 g/mol. The third-order valence-electron chi connectivity index (χ3n) is 5.18.